The molecule has 0 aliphatic carbocycles. The summed E-state index contributed by atoms with van der Waals surface area (Å²) < 4.78 is 6.60. The smallest absolute Gasteiger partial charge is 0.141 e. The molecule has 0 N–H and O–H groups in total. The van der Waals surface area contributed by atoms with E-state index in [-0.39, 0.29) is 21.7 Å². The molecule has 1 heterocycles. The van der Waals surface area contributed by atoms with Gasteiger partial charge in [-0.3, -0.25) is 0 Å². The average Bonchev–Trinajstić information content (AvgIpc) is 2.62. The van der Waals surface area contributed by atoms with Crippen LogP contribution >= 0.6 is 8.43 Å². The maximum absolute atomic E-state index is 6.60. The van der Waals surface area contributed by atoms with Gasteiger partial charge in [-0.1, -0.05) is 101 Å². The van der Waals surface area contributed by atoms with Crippen LogP contribution in [-0.2, 0) is 21.7 Å². The molecule has 0 spiro atoms. The predicted molar refractivity (Wildman–Crippen MR) is 150 cm³/mol. The van der Waals surface area contributed by atoms with Crippen molar-refractivity contribution in [2.45, 2.75) is 112 Å². The number of rotatable bonds is 0. The first-order chi connectivity index (χ1) is 14.8. The van der Waals surface area contributed by atoms with Crippen molar-refractivity contribution in [1.82, 2.24) is 0 Å². The van der Waals surface area contributed by atoms with E-state index in [1.54, 1.807) is 0 Å². The Morgan fingerprint density at radius 1 is 0.545 bits per heavy atom. The first-order valence-electron chi connectivity index (χ1n) is 12.3. The molecule has 180 valence electrons. The zero-order chi connectivity index (χ0) is 25.1. The fourth-order valence-corrected chi connectivity index (χ4v) is 5.30. The first kappa shape index (κ1) is 25.9. The van der Waals surface area contributed by atoms with Crippen LogP contribution in [0, 0.1) is 6.92 Å². The molecule has 1 atom stereocenters. The predicted octanol–water partition coefficient (Wildman–Crippen LogP) is 10.2. The molecule has 0 radical (unpaired) electrons. The fourth-order valence-electron chi connectivity index (χ4n) is 4.47. The van der Waals surface area contributed by atoms with Crippen molar-refractivity contribution in [2.24, 2.45) is 0 Å². The summed E-state index contributed by atoms with van der Waals surface area (Å²) in [5.74, 6) is 2.33. The molecule has 2 heteroatoms. The highest BCUT2D eigenvalue weighted by Crippen LogP contribution is 2.41. The van der Waals surface area contributed by atoms with Gasteiger partial charge in [0.05, 0.1) is 0 Å². The highest BCUT2D eigenvalue weighted by atomic mass is 31.1. The van der Waals surface area contributed by atoms with E-state index < -0.39 is 0 Å². The molecule has 3 aromatic rings. The second-order valence-corrected chi connectivity index (χ2v) is 14.6. The highest BCUT2D eigenvalue weighted by molar-refractivity contribution is 7.22. The molecule has 1 unspecified atom stereocenters. The lowest BCUT2D eigenvalue weighted by molar-refractivity contribution is 0.564. The van der Waals surface area contributed by atoms with Crippen molar-refractivity contribution in [1.29, 1.82) is 0 Å². The molecule has 0 fully saturated rings. The molecule has 0 saturated heterocycles. The van der Waals surface area contributed by atoms with Gasteiger partial charge in [0.15, 0.2) is 0 Å². The normalized spacial score (nSPS) is 13.8. The topological polar surface area (TPSA) is 13.1 Å². The number of fused-ring (bicyclic) bond motifs is 2. The van der Waals surface area contributed by atoms with Crippen molar-refractivity contribution in [3.63, 3.8) is 0 Å². The minimum Gasteiger partial charge on any atom is -0.453 e. The molecular weight excluding hydrogens is 419 g/mol. The molecule has 0 aliphatic heterocycles. The lowest BCUT2D eigenvalue weighted by Gasteiger charge is -2.28. The maximum atomic E-state index is 6.60. The van der Waals surface area contributed by atoms with Crippen LogP contribution in [0.25, 0.3) is 21.7 Å². The summed E-state index contributed by atoms with van der Waals surface area (Å²) in [6, 6.07) is 9.64. The van der Waals surface area contributed by atoms with Gasteiger partial charge < -0.3 is 4.20 Å². The molecule has 3 rings (SSSR count). The van der Waals surface area contributed by atoms with Gasteiger partial charge in [0.2, 0.25) is 0 Å². The maximum Gasteiger partial charge on any atom is 0.141 e. The molecular formula is C31H45OP. The second kappa shape index (κ2) is 8.20. The third kappa shape index (κ3) is 5.19. The Morgan fingerprint density at radius 3 is 1.45 bits per heavy atom. The molecule has 1 nitrogen and oxygen atoms in total. The van der Waals surface area contributed by atoms with Crippen molar-refractivity contribution >= 4 is 30.2 Å². The van der Waals surface area contributed by atoms with E-state index in [9.17, 15) is 0 Å². The fraction of sp³-hybridized carbons (Fsp3) is 0.548. The van der Waals surface area contributed by atoms with Crippen molar-refractivity contribution < 1.29 is 4.20 Å². The van der Waals surface area contributed by atoms with Crippen LogP contribution in [-0.4, -0.2) is 0 Å². The number of benzene rings is 2. The highest BCUT2D eigenvalue weighted by Gasteiger charge is 2.26. The van der Waals surface area contributed by atoms with Gasteiger partial charge in [-0.05, 0) is 73.5 Å². The molecule has 0 saturated carbocycles. The Morgan fingerprint density at radius 2 is 1.00 bits per heavy atom. The van der Waals surface area contributed by atoms with Crippen LogP contribution in [0.3, 0.4) is 0 Å². The summed E-state index contributed by atoms with van der Waals surface area (Å²) in [5, 5.41) is 3.95. The standard InChI is InChI=1S/C31H45OP/c1-19-22-14-20(28(2,3)4)16-25(30(8,9)10)24(22)18-33-32-27-23(19)15-21(29(5,6)7)17-26(27)31(11,12)13/h14-18,33H,1-13H3. The monoisotopic (exact) mass is 464 g/mol. The third-order valence-corrected chi connectivity index (χ3v) is 7.52. The third-order valence-electron chi connectivity index (χ3n) is 6.79. The van der Waals surface area contributed by atoms with E-state index in [0.29, 0.717) is 8.43 Å². The summed E-state index contributed by atoms with van der Waals surface area (Å²) in [7, 11) is 0.294. The SMILES string of the molecule is Cc1c2cc(C(C)(C)C)cc(C(C)(C)C)c2c[pH]oc2c(C(C)(C)C)cc(C(C)(C)C)cc12. The van der Waals surface area contributed by atoms with E-state index in [1.165, 1.54) is 44.0 Å². The second-order valence-electron chi connectivity index (χ2n) is 13.9. The Labute approximate surface area is 203 Å². The molecule has 0 amide bonds. The van der Waals surface area contributed by atoms with Crippen LogP contribution in [0.2, 0.25) is 0 Å². The number of aryl methyl sites for hydroxylation is 1. The Balaban J connectivity index is 2.67. The largest absolute Gasteiger partial charge is 0.453 e. The van der Waals surface area contributed by atoms with Crippen molar-refractivity contribution in [2.75, 3.05) is 0 Å². The summed E-state index contributed by atoms with van der Waals surface area (Å²) in [5.41, 5.74) is 8.06. The zero-order valence-corrected chi connectivity index (χ0v) is 24.3. The minimum atomic E-state index is 0.00194. The van der Waals surface area contributed by atoms with E-state index in [2.05, 4.69) is 120 Å². The average molecular weight is 465 g/mol. The molecule has 0 bridgehead atoms. The van der Waals surface area contributed by atoms with Gasteiger partial charge in [-0.15, -0.1) is 0 Å². The van der Waals surface area contributed by atoms with Gasteiger partial charge in [0.1, 0.15) is 5.58 Å². The molecule has 2 aromatic carbocycles. The molecule has 33 heavy (non-hydrogen) atoms. The lowest BCUT2D eigenvalue weighted by atomic mass is 9.77. The zero-order valence-electron chi connectivity index (χ0n) is 23.3. The van der Waals surface area contributed by atoms with E-state index >= 15 is 0 Å². The van der Waals surface area contributed by atoms with Crippen LogP contribution < -0.4 is 0 Å². The summed E-state index contributed by atoms with van der Waals surface area (Å²) in [6.07, 6.45) is 0. The van der Waals surface area contributed by atoms with Crippen molar-refractivity contribution in [3.05, 3.63) is 57.9 Å². The van der Waals surface area contributed by atoms with Gasteiger partial charge in [-0.2, -0.15) is 0 Å². The lowest BCUT2D eigenvalue weighted by Crippen LogP contribution is -2.17. The van der Waals surface area contributed by atoms with Gasteiger partial charge in [0, 0.05) is 19.4 Å². The quantitative estimate of drug-likeness (QED) is 0.322. The minimum absolute atomic E-state index is 0.00194. The van der Waals surface area contributed by atoms with Crippen LogP contribution in [0.1, 0.15) is 111 Å². The molecule has 0 aliphatic rings. The Kier molecular flexibility index (Phi) is 6.43. The Hall–Kier alpha value is -1.72. The summed E-state index contributed by atoms with van der Waals surface area (Å²) in [4.78, 5) is 0. The van der Waals surface area contributed by atoms with E-state index in [4.69, 9.17) is 4.20 Å². The first-order valence-corrected chi connectivity index (χ1v) is 13.3. The summed E-state index contributed by atoms with van der Waals surface area (Å²) >= 11 is 0. The van der Waals surface area contributed by atoms with Crippen LogP contribution in [0.5, 0.6) is 0 Å². The van der Waals surface area contributed by atoms with Crippen LogP contribution in [0.4, 0.5) is 0 Å². The van der Waals surface area contributed by atoms with Crippen molar-refractivity contribution in [3.8, 4) is 0 Å². The van der Waals surface area contributed by atoms with Crippen LogP contribution in [0.15, 0.2) is 34.3 Å². The Bertz CT molecular complexity index is 1140. The molecule has 1 aromatic heterocycles. The summed E-state index contributed by atoms with van der Waals surface area (Å²) in [6.45, 7) is 30.0. The van der Waals surface area contributed by atoms with Gasteiger partial charge >= 0.3 is 0 Å². The number of hydrogen-bond acceptors (Lipinski definition) is 1. The number of hydrogen-bond donors (Lipinski definition) is 0. The van der Waals surface area contributed by atoms with Gasteiger partial charge in [0.25, 0.3) is 0 Å². The van der Waals surface area contributed by atoms with E-state index in [0.717, 1.165) is 5.58 Å². The van der Waals surface area contributed by atoms with E-state index in [1.807, 2.05) is 0 Å². The van der Waals surface area contributed by atoms with Gasteiger partial charge in [-0.25, -0.2) is 0 Å².